The van der Waals surface area contributed by atoms with Gasteiger partial charge in [-0.25, -0.2) is 4.79 Å². The van der Waals surface area contributed by atoms with Crippen molar-refractivity contribution in [2.24, 2.45) is 0 Å². The SMILES string of the molecule is CCC(O)(CC)CNC(=O)NC. The van der Waals surface area contributed by atoms with E-state index < -0.39 is 5.60 Å². The van der Waals surface area contributed by atoms with Crippen molar-refractivity contribution in [3.05, 3.63) is 0 Å². The highest BCUT2D eigenvalue weighted by Gasteiger charge is 2.22. The number of hydrogen-bond donors (Lipinski definition) is 3. The number of aliphatic hydroxyl groups is 1. The molecule has 0 bridgehead atoms. The van der Waals surface area contributed by atoms with Gasteiger partial charge in [0.15, 0.2) is 0 Å². The molecule has 0 saturated carbocycles. The Hall–Kier alpha value is -0.770. The fourth-order valence-corrected chi connectivity index (χ4v) is 0.833. The molecule has 3 N–H and O–H groups in total. The molecule has 0 aromatic heterocycles. The number of nitrogens with one attached hydrogen (secondary N) is 2. The molecule has 0 rings (SSSR count). The third-order valence-corrected chi connectivity index (χ3v) is 2.12. The quantitative estimate of drug-likeness (QED) is 0.580. The number of amides is 2. The van der Waals surface area contributed by atoms with Gasteiger partial charge < -0.3 is 15.7 Å². The smallest absolute Gasteiger partial charge is 0.314 e. The lowest BCUT2D eigenvalue weighted by molar-refractivity contribution is 0.0350. The third kappa shape index (κ3) is 3.57. The minimum atomic E-state index is -0.757. The highest BCUT2D eigenvalue weighted by atomic mass is 16.3. The summed E-state index contributed by atoms with van der Waals surface area (Å²) in [7, 11) is 1.55. The summed E-state index contributed by atoms with van der Waals surface area (Å²) in [6, 6.07) is -0.254. The standard InChI is InChI=1S/C8H18N2O2/c1-4-8(12,5-2)6-10-7(11)9-3/h12H,4-6H2,1-3H3,(H2,9,10,11). The van der Waals surface area contributed by atoms with Crippen LogP contribution in [0.25, 0.3) is 0 Å². The summed E-state index contributed by atoms with van der Waals surface area (Å²) in [5, 5.41) is 14.7. The van der Waals surface area contributed by atoms with E-state index in [1.165, 1.54) is 0 Å². The van der Waals surface area contributed by atoms with Crippen LogP contribution < -0.4 is 10.6 Å². The summed E-state index contributed by atoms with van der Waals surface area (Å²) in [5.41, 5.74) is -0.757. The van der Waals surface area contributed by atoms with Crippen LogP contribution in [0.4, 0.5) is 4.79 Å². The lowest BCUT2D eigenvalue weighted by Crippen LogP contribution is -2.44. The van der Waals surface area contributed by atoms with Crippen molar-refractivity contribution in [2.75, 3.05) is 13.6 Å². The lowest BCUT2D eigenvalue weighted by atomic mass is 9.98. The summed E-state index contributed by atoms with van der Waals surface area (Å²) in [4.78, 5) is 10.8. The summed E-state index contributed by atoms with van der Waals surface area (Å²) in [5.74, 6) is 0. The van der Waals surface area contributed by atoms with E-state index in [1.54, 1.807) is 7.05 Å². The monoisotopic (exact) mass is 174 g/mol. The molecule has 0 unspecified atom stereocenters. The fraction of sp³-hybridized carbons (Fsp3) is 0.875. The van der Waals surface area contributed by atoms with Gasteiger partial charge in [-0.1, -0.05) is 13.8 Å². The van der Waals surface area contributed by atoms with Gasteiger partial charge >= 0.3 is 6.03 Å². The first-order valence-corrected chi connectivity index (χ1v) is 4.26. The molecular formula is C8H18N2O2. The fourth-order valence-electron chi connectivity index (χ4n) is 0.833. The van der Waals surface area contributed by atoms with Gasteiger partial charge in [-0.2, -0.15) is 0 Å². The van der Waals surface area contributed by atoms with E-state index in [-0.39, 0.29) is 6.03 Å². The van der Waals surface area contributed by atoms with Gasteiger partial charge in [-0.3, -0.25) is 0 Å². The molecule has 4 heteroatoms. The minimum Gasteiger partial charge on any atom is -0.388 e. The van der Waals surface area contributed by atoms with Crippen molar-refractivity contribution in [1.82, 2.24) is 10.6 Å². The zero-order valence-electron chi connectivity index (χ0n) is 7.98. The van der Waals surface area contributed by atoms with Gasteiger partial charge in [0.05, 0.1) is 5.60 Å². The molecule has 4 nitrogen and oxygen atoms in total. The number of urea groups is 1. The van der Waals surface area contributed by atoms with E-state index in [9.17, 15) is 9.90 Å². The van der Waals surface area contributed by atoms with Crippen molar-refractivity contribution in [3.8, 4) is 0 Å². The third-order valence-electron chi connectivity index (χ3n) is 2.12. The molecular weight excluding hydrogens is 156 g/mol. The maximum Gasteiger partial charge on any atom is 0.314 e. The van der Waals surface area contributed by atoms with E-state index in [4.69, 9.17) is 0 Å². The summed E-state index contributed by atoms with van der Waals surface area (Å²) in [6.07, 6.45) is 1.29. The Bertz CT molecular complexity index is 144. The topological polar surface area (TPSA) is 61.4 Å². The van der Waals surface area contributed by atoms with Gasteiger partial charge in [0.1, 0.15) is 0 Å². The van der Waals surface area contributed by atoms with Crippen LogP contribution in [0.15, 0.2) is 0 Å². The summed E-state index contributed by atoms with van der Waals surface area (Å²) >= 11 is 0. The predicted octanol–water partition coefficient (Wildman–Crippen LogP) is 0.467. The summed E-state index contributed by atoms with van der Waals surface area (Å²) < 4.78 is 0. The average Bonchev–Trinajstić information content (AvgIpc) is 2.13. The predicted molar refractivity (Wildman–Crippen MR) is 48.0 cm³/mol. The Labute approximate surface area is 73.3 Å². The Kier molecular flexibility index (Phi) is 4.66. The first-order valence-electron chi connectivity index (χ1n) is 4.26. The Balaban J connectivity index is 3.80. The van der Waals surface area contributed by atoms with Gasteiger partial charge in [0, 0.05) is 13.6 Å². The van der Waals surface area contributed by atoms with Gasteiger partial charge in [-0.15, -0.1) is 0 Å². The Morgan fingerprint density at radius 1 is 1.42 bits per heavy atom. The van der Waals surface area contributed by atoms with Gasteiger partial charge in [0.25, 0.3) is 0 Å². The van der Waals surface area contributed by atoms with E-state index in [0.717, 1.165) is 0 Å². The molecule has 0 aliphatic rings. The first kappa shape index (κ1) is 11.2. The van der Waals surface area contributed by atoms with Crippen LogP contribution in [0, 0.1) is 0 Å². The molecule has 0 radical (unpaired) electrons. The molecule has 0 saturated heterocycles. The second-order valence-corrected chi connectivity index (χ2v) is 2.86. The first-order chi connectivity index (χ1) is 5.58. The Morgan fingerprint density at radius 3 is 2.25 bits per heavy atom. The number of hydrogen-bond acceptors (Lipinski definition) is 2. The lowest BCUT2D eigenvalue weighted by Gasteiger charge is -2.25. The zero-order valence-corrected chi connectivity index (χ0v) is 7.98. The average molecular weight is 174 g/mol. The molecule has 0 aromatic rings. The zero-order chi connectivity index (χ0) is 9.61. The highest BCUT2D eigenvalue weighted by Crippen LogP contribution is 2.12. The van der Waals surface area contributed by atoms with Crippen LogP contribution >= 0.6 is 0 Å². The number of carbonyl (C=O) groups is 1. The number of rotatable bonds is 4. The van der Waals surface area contributed by atoms with Crippen LogP contribution in [0.1, 0.15) is 26.7 Å². The molecule has 0 aromatic carbocycles. The van der Waals surface area contributed by atoms with Gasteiger partial charge in [0.2, 0.25) is 0 Å². The number of carbonyl (C=O) groups excluding carboxylic acids is 1. The molecule has 72 valence electrons. The van der Waals surface area contributed by atoms with Gasteiger partial charge in [-0.05, 0) is 12.8 Å². The van der Waals surface area contributed by atoms with Crippen molar-refractivity contribution in [1.29, 1.82) is 0 Å². The molecule has 0 heterocycles. The van der Waals surface area contributed by atoms with E-state index in [0.29, 0.717) is 19.4 Å². The maximum atomic E-state index is 10.8. The Morgan fingerprint density at radius 2 is 1.92 bits per heavy atom. The summed E-state index contributed by atoms with van der Waals surface area (Å²) in [6.45, 7) is 4.10. The van der Waals surface area contributed by atoms with Crippen LogP contribution in [-0.2, 0) is 0 Å². The minimum absolute atomic E-state index is 0.254. The van der Waals surface area contributed by atoms with Crippen molar-refractivity contribution < 1.29 is 9.90 Å². The molecule has 12 heavy (non-hydrogen) atoms. The van der Waals surface area contributed by atoms with Crippen LogP contribution in [0.2, 0.25) is 0 Å². The highest BCUT2D eigenvalue weighted by molar-refractivity contribution is 5.73. The molecule has 0 fully saturated rings. The molecule has 0 spiro atoms. The van der Waals surface area contributed by atoms with E-state index >= 15 is 0 Å². The largest absolute Gasteiger partial charge is 0.388 e. The molecule has 0 atom stereocenters. The van der Waals surface area contributed by atoms with E-state index in [2.05, 4.69) is 10.6 Å². The molecule has 0 aliphatic heterocycles. The second-order valence-electron chi connectivity index (χ2n) is 2.86. The molecule has 0 aliphatic carbocycles. The van der Waals surface area contributed by atoms with Crippen molar-refractivity contribution in [2.45, 2.75) is 32.3 Å². The van der Waals surface area contributed by atoms with Crippen molar-refractivity contribution >= 4 is 6.03 Å². The van der Waals surface area contributed by atoms with Crippen LogP contribution in [0.5, 0.6) is 0 Å². The van der Waals surface area contributed by atoms with E-state index in [1.807, 2.05) is 13.8 Å². The second kappa shape index (κ2) is 4.98. The maximum absolute atomic E-state index is 10.8. The molecule has 2 amide bonds. The normalized spacial score (nSPS) is 11.0. The van der Waals surface area contributed by atoms with Crippen LogP contribution in [0.3, 0.4) is 0 Å². The van der Waals surface area contributed by atoms with Crippen molar-refractivity contribution in [3.63, 3.8) is 0 Å². The van der Waals surface area contributed by atoms with Crippen LogP contribution in [-0.4, -0.2) is 30.3 Å².